The van der Waals surface area contributed by atoms with Gasteiger partial charge in [0, 0.05) is 18.4 Å². The predicted octanol–water partition coefficient (Wildman–Crippen LogP) is 3.62. The smallest absolute Gasteiger partial charge is 0.184 e. The largest absolute Gasteiger partial charge is 0.497 e. The molecule has 2 heterocycles. The van der Waals surface area contributed by atoms with Gasteiger partial charge in [-0.1, -0.05) is 17.4 Å². The molecule has 3 rings (SSSR count). The van der Waals surface area contributed by atoms with Crippen LogP contribution in [-0.2, 0) is 6.54 Å². The Morgan fingerprint density at radius 1 is 1.25 bits per heavy atom. The molecule has 0 atom stereocenters. The highest BCUT2D eigenvalue weighted by atomic mass is 32.1. The number of thiazole rings is 1. The Hall–Kier alpha value is -2.14. The standard InChI is InChI=1S/C15H15N3OS/c1-10-3-4-11(8-16-10)9-17-15-18-13-6-5-12(19-2)7-14(13)20-15/h3-8H,9H2,1-2H3,(H,17,18). The fraction of sp³-hybridized carbons (Fsp3) is 0.200. The summed E-state index contributed by atoms with van der Waals surface area (Å²) in [6, 6.07) is 10.00. The Balaban J connectivity index is 1.75. The van der Waals surface area contributed by atoms with Crippen LogP contribution in [0.25, 0.3) is 10.2 Å². The Kier molecular flexibility index (Phi) is 3.52. The van der Waals surface area contributed by atoms with Crippen molar-refractivity contribution in [3.8, 4) is 5.75 Å². The first-order valence-corrected chi connectivity index (χ1v) is 7.16. The van der Waals surface area contributed by atoms with Crippen LogP contribution in [0.2, 0.25) is 0 Å². The van der Waals surface area contributed by atoms with Crippen molar-refractivity contribution in [1.82, 2.24) is 9.97 Å². The highest BCUT2D eigenvalue weighted by Gasteiger charge is 2.05. The Bertz CT molecular complexity index is 722. The second-order valence-corrected chi connectivity index (χ2v) is 5.54. The van der Waals surface area contributed by atoms with Crippen molar-refractivity contribution in [3.63, 3.8) is 0 Å². The summed E-state index contributed by atoms with van der Waals surface area (Å²) in [7, 11) is 1.67. The molecule has 0 fully saturated rings. The Morgan fingerprint density at radius 3 is 2.90 bits per heavy atom. The van der Waals surface area contributed by atoms with Crippen LogP contribution >= 0.6 is 11.3 Å². The molecule has 0 saturated heterocycles. The second-order valence-electron chi connectivity index (χ2n) is 4.51. The van der Waals surface area contributed by atoms with E-state index in [4.69, 9.17) is 4.74 Å². The van der Waals surface area contributed by atoms with Crippen LogP contribution in [0.1, 0.15) is 11.3 Å². The summed E-state index contributed by atoms with van der Waals surface area (Å²) < 4.78 is 6.34. The van der Waals surface area contributed by atoms with Crippen LogP contribution in [0.4, 0.5) is 5.13 Å². The minimum Gasteiger partial charge on any atom is -0.497 e. The summed E-state index contributed by atoms with van der Waals surface area (Å²) in [5, 5.41) is 4.24. The van der Waals surface area contributed by atoms with Gasteiger partial charge in [0.25, 0.3) is 0 Å². The number of hydrogen-bond acceptors (Lipinski definition) is 5. The van der Waals surface area contributed by atoms with Crippen LogP contribution in [0.15, 0.2) is 36.5 Å². The highest BCUT2D eigenvalue weighted by molar-refractivity contribution is 7.22. The maximum atomic E-state index is 5.22. The van der Waals surface area contributed by atoms with E-state index >= 15 is 0 Å². The lowest BCUT2D eigenvalue weighted by molar-refractivity contribution is 0.415. The third-order valence-electron chi connectivity index (χ3n) is 3.01. The molecule has 5 heteroatoms. The fourth-order valence-corrected chi connectivity index (χ4v) is 2.78. The number of rotatable bonds is 4. The topological polar surface area (TPSA) is 47.0 Å². The molecule has 4 nitrogen and oxygen atoms in total. The van der Waals surface area contributed by atoms with Gasteiger partial charge in [0.15, 0.2) is 5.13 Å². The van der Waals surface area contributed by atoms with Crippen molar-refractivity contribution in [3.05, 3.63) is 47.8 Å². The molecule has 1 N–H and O–H groups in total. The van der Waals surface area contributed by atoms with Crippen molar-refractivity contribution in [2.45, 2.75) is 13.5 Å². The average Bonchev–Trinajstić information content (AvgIpc) is 2.88. The number of nitrogens with zero attached hydrogens (tertiary/aromatic N) is 2. The second kappa shape index (κ2) is 5.46. The third-order valence-corrected chi connectivity index (χ3v) is 3.99. The molecule has 0 unspecified atom stereocenters. The van der Waals surface area contributed by atoms with Crippen LogP contribution in [0.3, 0.4) is 0 Å². The number of benzene rings is 1. The minimum atomic E-state index is 0.726. The molecule has 0 amide bonds. The number of methoxy groups -OCH3 is 1. The van der Waals surface area contributed by atoms with Gasteiger partial charge in [0.2, 0.25) is 0 Å². The number of anilines is 1. The van der Waals surface area contributed by atoms with E-state index in [2.05, 4.69) is 21.4 Å². The molecule has 0 aliphatic heterocycles. The molecule has 0 radical (unpaired) electrons. The van der Waals surface area contributed by atoms with Gasteiger partial charge in [0.1, 0.15) is 5.75 Å². The number of hydrogen-bond donors (Lipinski definition) is 1. The molecule has 0 aliphatic rings. The van der Waals surface area contributed by atoms with Gasteiger partial charge in [-0.15, -0.1) is 0 Å². The average molecular weight is 285 g/mol. The number of aromatic nitrogens is 2. The summed E-state index contributed by atoms with van der Waals surface area (Å²) in [5.74, 6) is 0.857. The highest BCUT2D eigenvalue weighted by Crippen LogP contribution is 2.29. The van der Waals surface area contributed by atoms with Crippen LogP contribution in [0, 0.1) is 6.92 Å². The van der Waals surface area contributed by atoms with Crippen LogP contribution < -0.4 is 10.1 Å². The van der Waals surface area contributed by atoms with Gasteiger partial charge in [-0.25, -0.2) is 4.98 Å². The molecule has 1 aromatic carbocycles. The number of fused-ring (bicyclic) bond motifs is 1. The molecular formula is C15H15N3OS. The monoisotopic (exact) mass is 285 g/mol. The number of nitrogens with one attached hydrogen (secondary N) is 1. The Labute approximate surface area is 121 Å². The molecule has 20 heavy (non-hydrogen) atoms. The van der Waals surface area contributed by atoms with Gasteiger partial charge in [0.05, 0.1) is 17.3 Å². The first-order valence-electron chi connectivity index (χ1n) is 6.34. The summed E-state index contributed by atoms with van der Waals surface area (Å²) in [5.41, 5.74) is 3.16. The number of pyridine rings is 1. The summed E-state index contributed by atoms with van der Waals surface area (Å²) in [6.45, 7) is 2.71. The first kappa shape index (κ1) is 12.9. The van der Waals surface area contributed by atoms with Crippen molar-refractivity contribution < 1.29 is 4.74 Å². The van der Waals surface area contributed by atoms with Crippen molar-refractivity contribution in [2.75, 3.05) is 12.4 Å². The quantitative estimate of drug-likeness (QED) is 0.795. The number of aryl methyl sites for hydroxylation is 1. The number of ether oxygens (including phenoxy) is 1. The SMILES string of the molecule is COc1ccc2nc(NCc3ccc(C)nc3)sc2c1. The van der Waals surface area contributed by atoms with Gasteiger partial charge < -0.3 is 10.1 Å². The molecular weight excluding hydrogens is 270 g/mol. The first-order chi connectivity index (χ1) is 9.74. The normalized spacial score (nSPS) is 10.7. The Morgan fingerprint density at radius 2 is 2.15 bits per heavy atom. The van der Waals surface area contributed by atoms with Crippen LogP contribution in [0.5, 0.6) is 5.75 Å². The zero-order valence-electron chi connectivity index (χ0n) is 11.4. The lowest BCUT2D eigenvalue weighted by Crippen LogP contribution is -1.99. The lowest BCUT2D eigenvalue weighted by atomic mass is 10.2. The summed E-state index contributed by atoms with van der Waals surface area (Å²) in [4.78, 5) is 8.84. The lowest BCUT2D eigenvalue weighted by Gasteiger charge is -2.02. The maximum absolute atomic E-state index is 5.22. The molecule has 2 aromatic heterocycles. The van der Waals surface area contributed by atoms with E-state index in [0.29, 0.717) is 0 Å². The van der Waals surface area contributed by atoms with Crippen molar-refractivity contribution >= 4 is 26.7 Å². The van der Waals surface area contributed by atoms with E-state index in [1.165, 1.54) is 0 Å². The summed E-state index contributed by atoms with van der Waals surface area (Å²) >= 11 is 1.63. The molecule has 0 bridgehead atoms. The third kappa shape index (κ3) is 2.72. The van der Waals surface area contributed by atoms with Gasteiger partial charge >= 0.3 is 0 Å². The molecule has 102 valence electrons. The van der Waals surface area contributed by atoms with E-state index in [1.54, 1.807) is 18.4 Å². The fourth-order valence-electron chi connectivity index (χ4n) is 1.89. The van der Waals surface area contributed by atoms with Gasteiger partial charge in [-0.05, 0) is 36.8 Å². The van der Waals surface area contributed by atoms with Gasteiger partial charge in [-0.3, -0.25) is 4.98 Å². The zero-order chi connectivity index (χ0) is 13.9. The zero-order valence-corrected chi connectivity index (χ0v) is 12.2. The van der Waals surface area contributed by atoms with E-state index in [9.17, 15) is 0 Å². The van der Waals surface area contributed by atoms with Crippen LogP contribution in [-0.4, -0.2) is 17.1 Å². The maximum Gasteiger partial charge on any atom is 0.184 e. The van der Waals surface area contributed by atoms with E-state index < -0.39 is 0 Å². The predicted molar refractivity (Wildman–Crippen MR) is 82.5 cm³/mol. The minimum absolute atomic E-state index is 0.726. The van der Waals surface area contributed by atoms with Crippen molar-refractivity contribution in [2.24, 2.45) is 0 Å². The molecule has 3 aromatic rings. The van der Waals surface area contributed by atoms with Gasteiger partial charge in [-0.2, -0.15) is 0 Å². The molecule has 0 aliphatic carbocycles. The molecule has 0 spiro atoms. The molecule has 0 saturated carbocycles. The van der Waals surface area contributed by atoms with E-state index in [0.717, 1.165) is 38.9 Å². The van der Waals surface area contributed by atoms with E-state index in [-0.39, 0.29) is 0 Å². The van der Waals surface area contributed by atoms with Crippen molar-refractivity contribution in [1.29, 1.82) is 0 Å². The summed E-state index contributed by atoms with van der Waals surface area (Å²) in [6.07, 6.45) is 1.89. The van der Waals surface area contributed by atoms with E-state index in [1.807, 2.05) is 37.4 Å².